The lowest BCUT2D eigenvalue weighted by atomic mass is 10.1. The van der Waals surface area contributed by atoms with E-state index in [4.69, 9.17) is 11.6 Å². The molecule has 0 saturated carbocycles. The van der Waals surface area contributed by atoms with Crippen LogP contribution >= 0.6 is 11.6 Å². The Labute approximate surface area is 145 Å². The zero-order valence-electron chi connectivity index (χ0n) is 13.3. The Balaban J connectivity index is 1.98. The second-order valence-corrected chi connectivity index (χ2v) is 5.70. The van der Waals surface area contributed by atoms with Gasteiger partial charge in [-0.05, 0) is 41.8 Å². The number of benzene rings is 2. The fraction of sp³-hybridized carbons (Fsp3) is 0.222. The molecule has 0 aliphatic heterocycles. The average Bonchev–Trinajstić information content (AvgIpc) is 2.61. The molecule has 0 fully saturated rings. The van der Waals surface area contributed by atoms with Crippen molar-refractivity contribution in [1.82, 2.24) is 5.32 Å². The van der Waals surface area contributed by atoms with E-state index in [9.17, 15) is 14.7 Å². The van der Waals surface area contributed by atoms with Crippen LogP contribution in [-0.4, -0.2) is 23.5 Å². The van der Waals surface area contributed by atoms with Gasteiger partial charge in [0.2, 0.25) is 0 Å². The summed E-state index contributed by atoms with van der Waals surface area (Å²) in [7, 11) is 0. The molecule has 2 aromatic rings. The van der Waals surface area contributed by atoms with Gasteiger partial charge in [-0.3, -0.25) is 9.59 Å². The van der Waals surface area contributed by atoms with E-state index in [0.717, 1.165) is 12.0 Å². The molecule has 0 radical (unpaired) electrons. The molecular weight excluding hydrogens is 328 g/mol. The predicted molar refractivity (Wildman–Crippen MR) is 93.9 cm³/mol. The second-order valence-electron chi connectivity index (χ2n) is 5.26. The molecule has 2 aromatic carbocycles. The van der Waals surface area contributed by atoms with E-state index >= 15 is 0 Å². The summed E-state index contributed by atoms with van der Waals surface area (Å²) in [4.78, 5) is 24.0. The first-order valence-electron chi connectivity index (χ1n) is 7.60. The zero-order chi connectivity index (χ0) is 17.5. The van der Waals surface area contributed by atoms with Crippen molar-refractivity contribution >= 4 is 29.1 Å². The lowest BCUT2D eigenvalue weighted by Gasteiger charge is -2.16. The molecule has 24 heavy (non-hydrogen) atoms. The van der Waals surface area contributed by atoms with Crippen molar-refractivity contribution in [3.05, 3.63) is 64.7 Å². The number of carbonyl (C=O) groups is 2. The highest BCUT2D eigenvalue weighted by Gasteiger charge is 2.19. The SMILES string of the molecule is CCc1ccc(NC(=O)C(=O)NC(CO)c2ccc(Cl)cc2)cc1. The molecule has 3 N–H and O–H groups in total. The van der Waals surface area contributed by atoms with E-state index in [1.165, 1.54) is 0 Å². The maximum Gasteiger partial charge on any atom is 0.313 e. The summed E-state index contributed by atoms with van der Waals surface area (Å²) in [6.07, 6.45) is 0.897. The number of carbonyl (C=O) groups excluding carboxylic acids is 2. The molecule has 0 heterocycles. The topological polar surface area (TPSA) is 78.4 Å². The molecule has 0 spiro atoms. The van der Waals surface area contributed by atoms with Crippen molar-refractivity contribution in [2.24, 2.45) is 0 Å². The second kappa shape index (κ2) is 8.47. The molecule has 0 aliphatic rings. The number of amides is 2. The van der Waals surface area contributed by atoms with Gasteiger partial charge < -0.3 is 15.7 Å². The van der Waals surface area contributed by atoms with Crippen molar-refractivity contribution in [2.45, 2.75) is 19.4 Å². The number of aliphatic hydroxyl groups is 1. The molecule has 2 rings (SSSR count). The van der Waals surface area contributed by atoms with Crippen molar-refractivity contribution in [1.29, 1.82) is 0 Å². The number of rotatable bonds is 5. The first-order chi connectivity index (χ1) is 11.5. The van der Waals surface area contributed by atoms with Crippen molar-refractivity contribution in [3.8, 4) is 0 Å². The van der Waals surface area contributed by atoms with E-state index in [1.54, 1.807) is 36.4 Å². The first kappa shape index (κ1) is 18.0. The van der Waals surface area contributed by atoms with Crippen LogP contribution in [0.3, 0.4) is 0 Å². The summed E-state index contributed by atoms with van der Waals surface area (Å²) in [6.45, 7) is 1.71. The number of halogens is 1. The maximum atomic E-state index is 12.0. The third kappa shape index (κ3) is 4.81. The van der Waals surface area contributed by atoms with Crippen LogP contribution in [0.1, 0.15) is 24.1 Å². The molecule has 1 atom stereocenters. The lowest BCUT2D eigenvalue weighted by molar-refractivity contribution is -0.136. The quantitative estimate of drug-likeness (QED) is 0.728. The van der Waals surface area contributed by atoms with Gasteiger partial charge in [0.25, 0.3) is 0 Å². The highest BCUT2D eigenvalue weighted by Crippen LogP contribution is 2.16. The van der Waals surface area contributed by atoms with Gasteiger partial charge in [0, 0.05) is 10.7 Å². The van der Waals surface area contributed by atoms with Crippen molar-refractivity contribution < 1.29 is 14.7 Å². The van der Waals surface area contributed by atoms with Crippen LogP contribution in [-0.2, 0) is 16.0 Å². The minimum absolute atomic E-state index is 0.328. The van der Waals surface area contributed by atoms with Gasteiger partial charge in [-0.1, -0.05) is 42.8 Å². The molecule has 0 bridgehead atoms. The molecule has 1 unspecified atom stereocenters. The highest BCUT2D eigenvalue weighted by molar-refractivity contribution is 6.39. The van der Waals surface area contributed by atoms with Crippen LogP contribution < -0.4 is 10.6 Å². The first-order valence-corrected chi connectivity index (χ1v) is 7.98. The fourth-order valence-electron chi connectivity index (χ4n) is 2.16. The lowest BCUT2D eigenvalue weighted by Crippen LogP contribution is -2.39. The Morgan fingerprint density at radius 3 is 2.21 bits per heavy atom. The Morgan fingerprint density at radius 1 is 1.04 bits per heavy atom. The number of aryl methyl sites for hydroxylation is 1. The van der Waals surface area contributed by atoms with Crippen LogP contribution in [0.25, 0.3) is 0 Å². The molecule has 126 valence electrons. The Bertz CT molecular complexity index is 699. The van der Waals surface area contributed by atoms with E-state index in [-0.39, 0.29) is 6.61 Å². The number of hydrogen-bond donors (Lipinski definition) is 3. The van der Waals surface area contributed by atoms with Crippen LogP contribution in [0.15, 0.2) is 48.5 Å². The minimum Gasteiger partial charge on any atom is -0.394 e. The standard InChI is InChI=1S/C18H19ClN2O3/c1-2-12-3-9-15(10-4-12)20-17(23)18(24)21-16(11-22)13-5-7-14(19)8-6-13/h3-10,16,22H,2,11H2,1H3,(H,20,23)(H,21,24). The number of hydrogen-bond acceptors (Lipinski definition) is 3. The summed E-state index contributed by atoms with van der Waals surface area (Å²) in [5.41, 5.74) is 2.34. The van der Waals surface area contributed by atoms with Crippen LogP contribution in [0.4, 0.5) is 5.69 Å². The van der Waals surface area contributed by atoms with E-state index in [0.29, 0.717) is 16.3 Å². The van der Waals surface area contributed by atoms with E-state index in [2.05, 4.69) is 10.6 Å². The number of anilines is 1. The molecule has 6 heteroatoms. The van der Waals surface area contributed by atoms with Crippen molar-refractivity contribution in [2.75, 3.05) is 11.9 Å². The van der Waals surface area contributed by atoms with E-state index in [1.807, 2.05) is 19.1 Å². The van der Waals surface area contributed by atoms with Crippen LogP contribution in [0.5, 0.6) is 0 Å². The molecule has 5 nitrogen and oxygen atoms in total. The zero-order valence-corrected chi connectivity index (χ0v) is 14.0. The fourth-order valence-corrected chi connectivity index (χ4v) is 2.29. The van der Waals surface area contributed by atoms with Gasteiger partial charge in [-0.25, -0.2) is 0 Å². The Morgan fingerprint density at radius 2 is 1.67 bits per heavy atom. The highest BCUT2D eigenvalue weighted by atomic mass is 35.5. The van der Waals surface area contributed by atoms with Crippen molar-refractivity contribution in [3.63, 3.8) is 0 Å². The Kier molecular flexibility index (Phi) is 6.35. The predicted octanol–water partition coefficient (Wildman–Crippen LogP) is 2.69. The number of aliphatic hydroxyl groups excluding tert-OH is 1. The van der Waals surface area contributed by atoms with Crippen LogP contribution in [0.2, 0.25) is 5.02 Å². The molecule has 0 aliphatic carbocycles. The minimum atomic E-state index is -0.816. The van der Waals surface area contributed by atoms with Gasteiger partial charge >= 0.3 is 11.8 Å². The summed E-state index contributed by atoms with van der Waals surface area (Å²) < 4.78 is 0. The van der Waals surface area contributed by atoms with Gasteiger partial charge in [0.05, 0.1) is 12.6 Å². The maximum absolute atomic E-state index is 12.0. The Hall–Kier alpha value is -2.37. The van der Waals surface area contributed by atoms with Gasteiger partial charge in [0.1, 0.15) is 0 Å². The molecule has 2 amide bonds. The average molecular weight is 347 g/mol. The van der Waals surface area contributed by atoms with Gasteiger partial charge in [-0.15, -0.1) is 0 Å². The van der Waals surface area contributed by atoms with Crippen LogP contribution in [0, 0.1) is 0 Å². The summed E-state index contributed by atoms with van der Waals surface area (Å²) in [5, 5.41) is 15.0. The summed E-state index contributed by atoms with van der Waals surface area (Å²) in [6, 6.07) is 13.3. The summed E-state index contributed by atoms with van der Waals surface area (Å²) in [5.74, 6) is -1.60. The normalized spacial score (nSPS) is 11.6. The van der Waals surface area contributed by atoms with Gasteiger partial charge in [-0.2, -0.15) is 0 Å². The summed E-state index contributed by atoms with van der Waals surface area (Å²) >= 11 is 5.81. The molecule has 0 aromatic heterocycles. The third-order valence-corrected chi connectivity index (χ3v) is 3.84. The molecule has 0 saturated heterocycles. The largest absolute Gasteiger partial charge is 0.394 e. The third-order valence-electron chi connectivity index (χ3n) is 3.59. The van der Waals surface area contributed by atoms with E-state index < -0.39 is 17.9 Å². The smallest absolute Gasteiger partial charge is 0.313 e. The monoisotopic (exact) mass is 346 g/mol. The molecular formula is C18H19ClN2O3. The number of nitrogens with one attached hydrogen (secondary N) is 2. The van der Waals surface area contributed by atoms with Gasteiger partial charge in [0.15, 0.2) is 0 Å².